The Hall–Kier alpha value is -3.65. The lowest BCUT2D eigenvalue weighted by Crippen LogP contribution is -2.07. The van der Waals surface area contributed by atoms with Gasteiger partial charge in [-0.05, 0) is 48.0 Å². The van der Waals surface area contributed by atoms with Crippen LogP contribution in [0.2, 0.25) is 0 Å². The Balaban J connectivity index is 1.50. The molecule has 0 unspecified atom stereocenters. The molecule has 5 rings (SSSR count). The van der Waals surface area contributed by atoms with E-state index in [-0.39, 0.29) is 5.82 Å². The van der Waals surface area contributed by atoms with E-state index in [2.05, 4.69) is 15.2 Å². The average Bonchev–Trinajstić information content (AvgIpc) is 3.26. The first kappa shape index (κ1) is 20.3. The van der Waals surface area contributed by atoms with Gasteiger partial charge >= 0.3 is 0 Å². The Labute approximate surface area is 188 Å². The van der Waals surface area contributed by atoms with E-state index in [1.54, 1.807) is 42.3 Å². The Morgan fingerprint density at radius 2 is 2.03 bits per heavy atom. The number of thioether (sulfide) groups is 1. The molecule has 160 valence electrons. The maximum Gasteiger partial charge on any atom is 0.196 e. The van der Waals surface area contributed by atoms with Gasteiger partial charge in [-0.1, -0.05) is 23.9 Å². The minimum atomic E-state index is -0.345. The molecule has 6 nitrogen and oxygen atoms in total. The summed E-state index contributed by atoms with van der Waals surface area (Å²) >= 11 is 1.49. The SMILES string of the molecule is COc1ccc2c(c1)OCC=C2CSc1nnc(-c2cccnc2)n1-c1ccccc1F. The predicted octanol–water partition coefficient (Wildman–Crippen LogP) is 5.05. The summed E-state index contributed by atoms with van der Waals surface area (Å²) in [5.41, 5.74) is 3.28. The molecule has 0 saturated heterocycles. The molecule has 1 aliphatic rings. The Bertz CT molecular complexity index is 1290. The smallest absolute Gasteiger partial charge is 0.196 e. The van der Waals surface area contributed by atoms with Gasteiger partial charge < -0.3 is 9.47 Å². The number of hydrogen-bond acceptors (Lipinski definition) is 6. The Morgan fingerprint density at radius 1 is 1.12 bits per heavy atom. The molecule has 32 heavy (non-hydrogen) atoms. The van der Waals surface area contributed by atoms with Crippen molar-refractivity contribution >= 4 is 17.3 Å². The normalized spacial score (nSPS) is 12.6. The van der Waals surface area contributed by atoms with Gasteiger partial charge in [-0.2, -0.15) is 0 Å². The second-order valence-electron chi connectivity index (χ2n) is 7.03. The minimum absolute atomic E-state index is 0.345. The number of ether oxygens (including phenoxy) is 2. The molecule has 0 fully saturated rings. The van der Waals surface area contributed by atoms with Crippen LogP contribution in [0, 0.1) is 5.82 Å². The van der Waals surface area contributed by atoms with Crippen LogP contribution >= 0.6 is 11.8 Å². The summed E-state index contributed by atoms with van der Waals surface area (Å²) in [5, 5.41) is 9.33. The number of hydrogen-bond donors (Lipinski definition) is 0. The summed E-state index contributed by atoms with van der Waals surface area (Å²) in [6.45, 7) is 0.483. The summed E-state index contributed by atoms with van der Waals surface area (Å²) in [6.07, 6.45) is 5.43. The van der Waals surface area contributed by atoms with Gasteiger partial charge in [0, 0.05) is 35.3 Å². The van der Waals surface area contributed by atoms with Gasteiger partial charge in [0.2, 0.25) is 0 Å². The molecule has 0 N–H and O–H groups in total. The number of fused-ring (bicyclic) bond motifs is 1. The maximum atomic E-state index is 14.8. The molecule has 0 bridgehead atoms. The molecule has 0 aliphatic carbocycles. The van der Waals surface area contributed by atoms with Crippen molar-refractivity contribution in [3.8, 4) is 28.6 Å². The van der Waals surface area contributed by atoms with E-state index in [0.717, 1.165) is 28.2 Å². The van der Waals surface area contributed by atoms with Crippen molar-refractivity contribution in [2.75, 3.05) is 19.5 Å². The quantitative estimate of drug-likeness (QED) is 0.387. The van der Waals surface area contributed by atoms with Crippen molar-refractivity contribution < 1.29 is 13.9 Å². The number of benzene rings is 2. The van der Waals surface area contributed by atoms with Gasteiger partial charge in [0.25, 0.3) is 0 Å². The average molecular weight is 447 g/mol. The van der Waals surface area contributed by atoms with Crippen molar-refractivity contribution in [3.63, 3.8) is 0 Å². The van der Waals surface area contributed by atoms with Crippen LogP contribution in [-0.4, -0.2) is 39.2 Å². The molecule has 2 aromatic carbocycles. The molecule has 3 heterocycles. The first-order valence-corrected chi connectivity index (χ1v) is 11.0. The van der Waals surface area contributed by atoms with Gasteiger partial charge in [-0.3, -0.25) is 9.55 Å². The second-order valence-corrected chi connectivity index (χ2v) is 7.97. The monoisotopic (exact) mass is 446 g/mol. The highest BCUT2D eigenvalue weighted by Crippen LogP contribution is 2.37. The maximum absolute atomic E-state index is 14.8. The molecule has 0 radical (unpaired) electrons. The minimum Gasteiger partial charge on any atom is -0.497 e. The van der Waals surface area contributed by atoms with Gasteiger partial charge in [-0.15, -0.1) is 10.2 Å². The highest BCUT2D eigenvalue weighted by molar-refractivity contribution is 7.99. The lowest BCUT2D eigenvalue weighted by Gasteiger charge is -2.19. The second kappa shape index (κ2) is 8.84. The highest BCUT2D eigenvalue weighted by Gasteiger charge is 2.21. The van der Waals surface area contributed by atoms with Gasteiger partial charge in [-0.25, -0.2) is 4.39 Å². The lowest BCUT2D eigenvalue weighted by atomic mass is 10.0. The van der Waals surface area contributed by atoms with Crippen molar-refractivity contribution in [1.82, 2.24) is 19.7 Å². The fourth-order valence-electron chi connectivity index (χ4n) is 3.53. The summed E-state index contributed by atoms with van der Waals surface area (Å²) < 4.78 is 27.6. The van der Waals surface area contributed by atoms with Crippen molar-refractivity contribution in [2.45, 2.75) is 5.16 Å². The Kier molecular flexibility index (Phi) is 5.60. The molecule has 0 spiro atoms. The number of pyridine rings is 1. The topological polar surface area (TPSA) is 62.1 Å². The first-order chi connectivity index (χ1) is 15.7. The molecule has 1 aliphatic heterocycles. The van der Waals surface area contributed by atoms with Gasteiger partial charge in [0.05, 0.1) is 12.8 Å². The van der Waals surface area contributed by atoms with Crippen molar-refractivity contribution in [3.05, 3.63) is 84.4 Å². The third-order valence-electron chi connectivity index (χ3n) is 5.11. The van der Waals surface area contributed by atoms with Crippen molar-refractivity contribution in [2.24, 2.45) is 0 Å². The van der Waals surface area contributed by atoms with Crippen LogP contribution < -0.4 is 9.47 Å². The van der Waals surface area contributed by atoms with E-state index in [9.17, 15) is 4.39 Å². The zero-order valence-corrected chi connectivity index (χ0v) is 18.1. The number of aromatic nitrogens is 4. The predicted molar refractivity (Wildman–Crippen MR) is 122 cm³/mol. The largest absolute Gasteiger partial charge is 0.497 e. The Morgan fingerprint density at radius 3 is 2.84 bits per heavy atom. The molecular weight excluding hydrogens is 427 g/mol. The fourth-order valence-corrected chi connectivity index (χ4v) is 4.50. The third kappa shape index (κ3) is 3.85. The van der Waals surface area contributed by atoms with Crippen LogP contribution in [-0.2, 0) is 0 Å². The lowest BCUT2D eigenvalue weighted by molar-refractivity contribution is 0.351. The number of methoxy groups -OCH3 is 1. The van der Waals surface area contributed by atoms with E-state index in [4.69, 9.17) is 9.47 Å². The molecule has 2 aromatic heterocycles. The molecule has 0 atom stereocenters. The van der Waals surface area contributed by atoms with E-state index < -0.39 is 0 Å². The highest BCUT2D eigenvalue weighted by atomic mass is 32.2. The first-order valence-electron chi connectivity index (χ1n) is 9.98. The van der Waals surface area contributed by atoms with Gasteiger partial charge in [0.1, 0.15) is 23.9 Å². The number of halogens is 1. The fraction of sp³-hybridized carbons (Fsp3) is 0.125. The summed E-state index contributed by atoms with van der Waals surface area (Å²) in [5.74, 6) is 2.36. The van der Waals surface area contributed by atoms with Crippen LogP contribution in [0.15, 0.2) is 78.2 Å². The van der Waals surface area contributed by atoms with Gasteiger partial charge in [0.15, 0.2) is 11.0 Å². The van der Waals surface area contributed by atoms with Crippen LogP contribution in [0.1, 0.15) is 5.56 Å². The van der Waals surface area contributed by atoms with Crippen LogP contribution in [0.3, 0.4) is 0 Å². The molecule has 0 amide bonds. The van der Waals surface area contributed by atoms with Crippen molar-refractivity contribution in [1.29, 1.82) is 0 Å². The van der Waals surface area contributed by atoms with Crippen LogP contribution in [0.25, 0.3) is 22.6 Å². The van der Waals surface area contributed by atoms with Crippen LogP contribution in [0.4, 0.5) is 4.39 Å². The molecule has 8 heteroatoms. The summed E-state index contributed by atoms with van der Waals surface area (Å²) in [4.78, 5) is 4.17. The van der Waals surface area contributed by atoms with E-state index >= 15 is 0 Å². The third-order valence-corrected chi connectivity index (χ3v) is 6.08. The number of para-hydroxylation sites is 1. The zero-order valence-electron chi connectivity index (χ0n) is 17.2. The van der Waals surface area contributed by atoms with E-state index in [1.165, 1.54) is 17.8 Å². The van der Waals surface area contributed by atoms with E-state index in [0.29, 0.717) is 29.0 Å². The zero-order chi connectivity index (χ0) is 21.9. The summed E-state index contributed by atoms with van der Waals surface area (Å²) in [6, 6.07) is 16.1. The number of rotatable bonds is 6. The van der Waals surface area contributed by atoms with E-state index in [1.807, 2.05) is 36.4 Å². The standard InChI is InChI=1S/C24H19FN4O2S/c1-30-18-8-9-19-17(10-12-31-22(19)13-18)15-32-24-28-27-23(16-5-4-11-26-14-16)29(24)21-7-3-2-6-20(21)25/h2-11,13-14H,12,15H2,1H3. The summed E-state index contributed by atoms with van der Waals surface area (Å²) in [7, 11) is 1.63. The van der Waals surface area contributed by atoms with Crippen LogP contribution in [0.5, 0.6) is 11.5 Å². The number of nitrogens with zero attached hydrogens (tertiary/aromatic N) is 4. The molecule has 4 aromatic rings. The molecular formula is C24H19FN4O2S. The molecule has 0 saturated carbocycles.